The first-order chi connectivity index (χ1) is 10.6. The van der Waals surface area contributed by atoms with Crippen LogP contribution < -0.4 is 5.32 Å². The molecular weight excluding hydrogens is 302 g/mol. The van der Waals surface area contributed by atoms with E-state index in [1.807, 2.05) is 35.9 Å². The molecule has 1 unspecified atom stereocenters. The summed E-state index contributed by atoms with van der Waals surface area (Å²) in [6.07, 6.45) is 5.75. The number of nitrogens with zero attached hydrogens (tertiary/aromatic N) is 2. The van der Waals surface area contributed by atoms with Crippen LogP contribution in [-0.4, -0.2) is 38.7 Å². The highest BCUT2D eigenvalue weighted by molar-refractivity contribution is 7.98. The third-order valence-corrected chi connectivity index (χ3v) is 4.02. The van der Waals surface area contributed by atoms with Crippen molar-refractivity contribution in [3.63, 3.8) is 0 Å². The molecule has 0 saturated heterocycles. The van der Waals surface area contributed by atoms with Crippen LogP contribution in [0.3, 0.4) is 0 Å². The van der Waals surface area contributed by atoms with E-state index in [2.05, 4.69) is 10.3 Å². The van der Waals surface area contributed by atoms with Crippen molar-refractivity contribution in [3.8, 4) is 0 Å². The number of thioether (sulfide) groups is 1. The van der Waals surface area contributed by atoms with Crippen molar-refractivity contribution in [1.29, 1.82) is 0 Å². The van der Waals surface area contributed by atoms with Crippen LogP contribution in [0, 0.1) is 0 Å². The Labute approximate surface area is 132 Å². The van der Waals surface area contributed by atoms with Crippen LogP contribution in [-0.2, 0) is 4.79 Å². The van der Waals surface area contributed by atoms with Gasteiger partial charge in [0.25, 0.3) is 5.91 Å². The van der Waals surface area contributed by atoms with Crippen LogP contribution in [0.15, 0.2) is 29.6 Å². The Balaban J connectivity index is 2.27. The minimum atomic E-state index is -1.02. The van der Waals surface area contributed by atoms with E-state index >= 15 is 0 Å². The molecule has 2 aromatic heterocycles. The Hall–Kier alpha value is -2.02. The minimum Gasteiger partial charge on any atom is -0.480 e. The molecule has 0 bridgehead atoms. The van der Waals surface area contributed by atoms with Gasteiger partial charge >= 0.3 is 5.97 Å². The number of imidazole rings is 1. The Kier molecular flexibility index (Phi) is 5.43. The molecule has 1 atom stereocenters. The third kappa shape index (κ3) is 3.41. The van der Waals surface area contributed by atoms with Gasteiger partial charge in [-0.2, -0.15) is 0 Å². The number of hydrogen-bond acceptors (Lipinski definition) is 4. The van der Waals surface area contributed by atoms with Crippen molar-refractivity contribution in [2.75, 3.05) is 6.26 Å². The summed E-state index contributed by atoms with van der Waals surface area (Å²) in [7, 11) is 0. The predicted molar refractivity (Wildman–Crippen MR) is 85.4 cm³/mol. The van der Waals surface area contributed by atoms with E-state index in [0.29, 0.717) is 17.1 Å². The van der Waals surface area contributed by atoms with Gasteiger partial charge in [0.05, 0.1) is 5.52 Å². The number of hydrogen-bond donors (Lipinski definition) is 2. The van der Waals surface area contributed by atoms with Crippen molar-refractivity contribution in [1.82, 2.24) is 14.7 Å². The summed E-state index contributed by atoms with van der Waals surface area (Å²) in [5.41, 5.74) is 0.927. The largest absolute Gasteiger partial charge is 0.480 e. The average Bonchev–Trinajstić information content (AvgIpc) is 2.90. The zero-order valence-corrected chi connectivity index (χ0v) is 13.4. The SMILES string of the molecule is CCCCC(NC(=O)c1nc(SC)n2ccccc12)C(=O)O. The zero-order chi connectivity index (χ0) is 16.1. The number of carbonyl (C=O) groups is 2. The lowest BCUT2D eigenvalue weighted by Crippen LogP contribution is -2.40. The second-order valence-electron chi connectivity index (χ2n) is 4.91. The average molecular weight is 321 g/mol. The van der Waals surface area contributed by atoms with Gasteiger partial charge in [0.15, 0.2) is 10.9 Å². The topological polar surface area (TPSA) is 83.7 Å². The number of carboxylic acid groups (broad SMARTS) is 1. The highest BCUT2D eigenvalue weighted by Crippen LogP contribution is 2.20. The molecule has 2 aromatic rings. The molecule has 0 radical (unpaired) electrons. The van der Waals surface area contributed by atoms with Crippen LogP contribution >= 0.6 is 11.8 Å². The lowest BCUT2D eigenvalue weighted by atomic mass is 10.1. The number of unbranched alkanes of at least 4 members (excludes halogenated alkanes) is 1. The molecule has 0 aromatic carbocycles. The highest BCUT2D eigenvalue weighted by atomic mass is 32.2. The lowest BCUT2D eigenvalue weighted by molar-refractivity contribution is -0.139. The maximum atomic E-state index is 12.4. The summed E-state index contributed by atoms with van der Waals surface area (Å²) in [6, 6.07) is 4.59. The second-order valence-corrected chi connectivity index (χ2v) is 5.68. The van der Waals surface area contributed by atoms with Gasteiger partial charge in [0.2, 0.25) is 0 Å². The van der Waals surface area contributed by atoms with Crippen molar-refractivity contribution in [2.24, 2.45) is 0 Å². The molecule has 0 spiro atoms. The van der Waals surface area contributed by atoms with Crippen LogP contribution in [0.5, 0.6) is 0 Å². The Morgan fingerprint density at radius 2 is 2.23 bits per heavy atom. The molecule has 0 aliphatic carbocycles. The van der Waals surface area contributed by atoms with E-state index < -0.39 is 17.9 Å². The number of carbonyl (C=O) groups excluding carboxylic acids is 1. The Morgan fingerprint density at radius 3 is 2.86 bits per heavy atom. The maximum Gasteiger partial charge on any atom is 0.326 e. The summed E-state index contributed by atoms with van der Waals surface area (Å²) in [5, 5.41) is 12.5. The molecule has 0 aliphatic heterocycles. The fraction of sp³-hybridized carbons (Fsp3) is 0.400. The fourth-order valence-electron chi connectivity index (χ4n) is 2.21. The quantitative estimate of drug-likeness (QED) is 0.765. The summed E-state index contributed by atoms with van der Waals surface area (Å²) >= 11 is 1.43. The molecule has 6 nitrogen and oxygen atoms in total. The molecule has 0 aliphatic rings. The van der Waals surface area contributed by atoms with Crippen LogP contribution in [0.25, 0.3) is 5.52 Å². The molecular formula is C15H19N3O3S. The van der Waals surface area contributed by atoms with Crippen molar-refractivity contribution in [2.45, 2.75) is 37.4 Å². The number of carboxylic acids is 1. The molecule has 2 N–H and O–H groups in total. The van der Waals surface area contributed by atoms with E-state index in [1.165, 1.54) is 11.8 Å². The van der Waals surface area contributed by atoms with Crippen LogP contribution in [0.4, 0.5) is 0 Å². The molecule has 2 rings (SSSR count). The van der Waals surface area contributed by atoms with Gasteiger partial charge in [-0.05, 0) is 24.8 Å². The zero-order valence-electron chi connectivity index (χ0n) is 12.6. The van der Waals surface area contributed by atoms with Crippen LogP contribution in [0.1, 0.15) is 36.7 Å². The van der Waals surface area contributed by atoms with E-state index in [0.717, 1.165) is 12.8 Å². The van der Waals surface area contributed by atoms with Gasteiger partial charge in [0, 0.05) is 6.20 Å². The number of pyridine rings is 1. The van der Waals surface area contributed by atoms with E-state index in [9.17, 15) is 14.7 Å². The molecule has 118 valence electrons. The van der Waals surface area contributed by atoms with E-state index in [1.54, 1.807) is 6.07 Å². The van der Waals surface area contributed by atoms with Gasteiger partial charge in [-0.25, -0.2) is 9.78 Å². The van der Waals surface area contributed by atoms with Gasteiger partial charge in [-0.15, -0.1) is 0 Å². The summed E-state index contributed by atoms with van der Waals surface area (Å²) in [6.45, 7) is 1.98. The standard InChI is InChI=1S/C15H19N3O3S/c1-3-4-7-10(14(20)21)16-13(19)12-11-8-5-6-9-18(11)15(17-12)22-2/h5-6,8-10H,3-4,7H2,1-2H3,(H,16,19)(H,20,21). The summed E-state index contributed by atoms with van der Waals surface area (Å²) < 4.78 is 1.82. The van der Waals surface area contributed by atoms with E-state index in [-0.39, 0.29) is 5.69 Å². The molecule has 0 fully saturated rings. The number of aliphatic carboxylic acids is 1. The monoisotopic (exact) mass is 321 g/mol. The van der Waals surface area contributed by atoms with Crippen molar-refractivity contribution < 1.29 is 14.7 Å². The third-order valence-electron chi connectivity index (χ3n) is 3.36. The number of fused-ring (bicyclic) bond motifs is 1. The molecule has 2 heterocycles. The van der Waals surface area contributed by atoms with Gasteiger partial charge in [-0.3, -0.25) is 9.20 Å². The second kappa shape index (κ2) is 7.31. The molecule has 7 heteroatoms. The number of aromatic nitrogens is 2. The first-order valence-electron chi connectivity index (χ1n) is 7.13. The molecule has 0 saturated carbocycles. The Bertz CT molecular complexity index is 684. The first kappa shape index (κ1) is 16.4. The van der Waals surface area contributed by atoms with Crippen molar-refractivity contribution >= 4 is 29.2 Å². The molecule has 22 heavy (non-hydrogen) atoms. The number of nitrogens with one attached hydrogen (secondary N) is 1. The Morgan fingerprint density at radius 1 is 1.45 bits per heavy atom. The predicted octanol–water partition coefficient (Wildman–Crippen LogP) is 2.43. The normalized spacial score (nSPS) is 12.3. The van der Waals surface area contributed by atoms with Crippen molar-refractivity contribution in [3.05, 3.63) is 30.1 Å². The summed E-state index contributed by atoms with van der Waals surface area (Å²) in [4.78, 5) is 28.0. The number of amides is 1. The lowest BCUT2D eigenvalue weighted by Gasteiger charge is -2.13. The molecule has 1 amide bonds. The summed E-state index contributed by atoms with van der Waals surface area (Å²) in [5.74, 6) is -1.47. The highest BCUT2D eigenvalue weighted by Gasteiger charge is 2.23. The maximum absolute atomic E-state index is 12.4. The van der Waals surface area contributed by atoms with E-state index in [4.69, 9.17) is 0 Å². The van der Waals surface area contributed by atoms with Gasteiger partial charge in [-0.1, -0.05) is 37.6 Å². The number of rotatable bonds is 7. The smallest absolute Gasteiger partial charge is 0.326 e. The van der Waals surface area contributed by atoms with Gasteiger partial charge in [0.1, 0.15) is 6.04 Å². The van der Waals surface area contributed by atoms with Gasteiger partial charge < -0.3 is 10.4 Å². The fourth-order valence-corrected chi connectivity index (χ4v) is 2.75. The van der Waals surface area contributed by atoms with Crippen LogP contribution in [0.2, 0.25) is 0 Å². The minimum absolute atomic E-state index is 0.257. The first-order valence-corrected chi connectivity index (χ1v) is 8.35.